The summed E-state index contributed by atoms with van der Waals surface area (Å²) in [5, 5.41) is 18.0. The highest BCUT2D eigenvalue weighted by Gasteiger charge is 2.17. The number of methoxy groups -OCH3 is 1. The number of ether oxygens (including phenoxy) is 1. The first-order valence-corrected chi connectivity index (χ1v) is 4.40. The third kappa shape index (κ3) is 2.24. The molecule has 1 aromatic rings. The Morgan fingerprint density at radius 2 is 2.27 bits per heavy atom. The number of nitrogen functional groups attached to an aromatic ring is 1. The lowest BCUT2D eigenvalue weighted by atomic mass is 10.1. The Balaban J connectivity index is 3.29. The molecule has 0 aromatic heterocycles. The van der Waals surface area contributed by atoms with E-state index in [4.69, 9.17) is 27.2 Å². The molecule has 82 valence electrons. The average molecular weight is 232 g/mol. The molecule has 0 aliphatic carbocycles. The lowest BCUT2D eigenvalue weighted by molar-refractivity contribution is -0.136. The van der Waals surface area contributed by atoms with Crippen molar-refractivity contribution < 1.29 is 19.7 Å². The van der Waals surface area contributed by atoms with E-state index in [-0.39, 0.29) is 34.2 Å². The van der Waals surface area contributed by atoms with Crippen molar-refractivity contribution in [1.82, 2.24) is 0 Å². The monoisotopic (exact) mass is 231 g/mol. The van der Waals surface area contributed by atoms with E-state index in [1.54, 1.807) is 0 Å². The van der Waals surface area contributed by atoms with Crippen LogP contribution in [0.25, 0.3) is 0 Å². The van der Waals surface area contributed by atoms with Crippen LogP contribution in [0.3, 0.4) is 0 Å². The number of carboxylic acids is 1. The molecule has 0 saturated carbocycles. The van der Waals surface area contributed by atoms with E-state index in [0.717, 1.165) is 0 Å². The van der Waals surface area contributed by atoms with Gasteiger partial charge in [0.15, 0.2) is 11.5 Å². The summed E-state index contributed by atoms with van der Waals surface area (Å²) in [6.45, 7) is 0. The van der Waals surface area contributed by atoms with Gasteiger partial charge in [-0.3, -0.25) is 4.79 Å². The number of nitrogens with two attached hydrogens (primary N) is 1. The van der Waals surface area contributed by atoms with Gasteiger partial charge in [-0.2, -0.15) is 0 Å². The topological polar surface area (TPSA) is 92.8 Å². The van der Waals surface area contributed by atoms with Gasteiger partial charge in [0.1, 0.15) is 0 Å². The molecule has 1 aromatic carbocycles. The van der Waals surface area contributed by atoms with Crippen molar-refractivity contribution in [1.29, 1.82) is 0 Å². The zero-order valence-electron chi connectivity index (χ0n) is 7.95. The maximum absolute atomic E-state index is 10.5. The molecule has 0 saturated heterocycles. The second kappa shape index (κ2) is 4.27. The number of carbonyl (C=O) groups is 1. The maximum atomic E-state index is 10.5. The maximum Gasteiger partial charge on any atom is 0.307 e. The second-order valence-corrected chi connectivity index (χ2v) is 3.26. The van der Waals surface area contributed by atoms with Crippen molar-refractivity contribution in [3.8, 4) is 11.5 Å². The first-order chi connectivity index (χ1) is 6.97. The van der Waals surface area contributed by atoms with Crippen LogP contribution in [0, 0.1) is 0 Å². The fourth-order valence-electron chi connectivity index (χ4n) is 1.16. The van der Waals surface area contributed by atoms with Gasteiger partial charge >= 0.3 is 5.97 Å². The Morgan fingerprint density at radius 3 is 2.73 bits per heavy atom. The third-order valence-electron chi connectivity index (χ3n) is 1.89. The van der Waals surface area contributed by atoms with Crippen LogP contribution in [0.5, 0.6) is 11.5 Å². The molecule has 0 radical (unpaired) electrons. The zero-order chi connectivity index (χ0) is 11.6. The molecule has 15 heavy (non-hydrogen) atoms. The summed E-state index contributed by atoms with van der Waals surface area (Å²) in [5.41, 5.74) is 5.94. The van der Waals surface area contributed by atoms with Crippen molar-refractivity contribution >= 4 is 23.3 Å². The van der Waals surface area contributed by atoms with Gasteiger partial charge in [0, 0.05) is 17.3 Å². The minimum Gasteiger partial charge on any atom is -0.503 e. The summed E-state index contributed by atoms with van der Waals surface area (Å²) < 4.78 is 4.80. The number of phenolic OH excluding ortho intramolecular Hbond substituents is 1. The minimum absolute atomic E-state index is 0.0887. The minimum atomic E-state index is -1.08. The SMILES string of the molecule is COc1cc(N)c(CC(=O)O)c(Cl)c1O. The van der Waals surface area contributed by atoms with Crippen molar-refractivity contribution in [2.24, 2.45) is 0 Å². The van der Waals surface area contributed by atoms with Gasteiger partial charge in [-0.05, 0) is 0 Å². The molecule has 0 aliphatic rings. The van der Waals surface area contributed by atoms with Crippen molar-refractivity contribution in [2.45, 2.75) is 6.42 Å². The van der Waals surface area contributed by atoms with Crippen LogP contribution in [0.15, 0.2) is 6.07 Å². The largest absolute Gasteiger partial charge is 0.503 e. The quantitative estimate of drug-likeness (QED) is 0.538. The predicted octanol–water partition coefficient (Wildman–Crippen LogP) is 1.26. The van der Waals surface area contributed by atoms with Gasteiger partial charge in [-0.25, -0.2) is 0 Å². The van der Waals surface area contributed by atoms with Gasteiger partial charge in [0.25, 0.3) is 0 Å². The van der Waals surface area contributed by atoms with Crippen LogP contribution >= 0.6 is 11.6 Å². The van der Waals surface area contributed by atoms with Gasteiger partial charge < -0.3 is 20.7 Å². The molecule has 1 rings (SSSR count). The molecular formula is C9H10ClNO4. The van der Waals surface area contributed by atoms with E-state index in [2.05, 4.69) is 0 Å². The number of phenols is 1. The zero-order valence-corrected chi connectivity index (χ0v) is 8.71. The summed E-state index contributed by atoms with van der Waals surface area (Å²) in [6, 6.07) is 1.33. The first kappa shape index (κ1) is 11.5. The van der Waals surface area contributed by atoms with Crippen LogP contribution in [0.1, 0.15) is 5.56 Å². The van der Waals surface area contributed by atoms with E-state index in [9.17, 15) is 9.90 Å². The Bertz CT molecular complexity index is 406. The highest BCUT2D eigenvalue weighted by molar-refractivity contribution is 6.33. The second-order valence-electron chi connectivity index (χ2n) is 2.88. The number of carboxylic acid groups (broad SMARTS) is 1. The van der Waals surface area contributed by atoms with E-state index >= 15 is 0 Å². The summed E-state index contributed by atoms with van der Waals surface area (Å²) >= 11 is 5.75. The fraction of sp³-hybridized carbons (Fsp3) is 0.222. The highest BCUT2D eigenvalue weighted by Crippen LogP contribution is 2.39. The van der Waals surface area contributed by atoms with Crippen LogP contribution < -0.4 is 10.5 Å². The molecule has 6 heteroatoms. The third-order valence-corrected chi connectivity index (χ3v) is 2.30. The van der Waals surface area contributed by atoms with Crippen LogP contribution in [0.4, 0.5) is 5.69 Å². The number of hydrogen-bond donors (Lipinski definition) is 3. The Morgan fingerprint density at radius 1 is 1.67 bits per heavy atom. The first-order valence-electron chi connectivity index (χ1n) is 4.03. The lowest BCUT2D eigenvalue weighted by Gasteiger charge is -2.11. The Labute approximate surface area is 91.0 Å². The predicted molar refractivity (Wildman–Crippen MR) is 55.4 cm³/mol. The number of aromatic hydroxyl groups is 1. The van der Waals surface area contributed by atoms with E-state index < -0.39 is 5.97 Å². The average Bonchev–Trinajstić information content (AvgIpc) is 2.18. The van der Waals surface area contributed by atoms with Crippen LogP contribution in [-0.4, -0.2) is 23.3 Å². The summed E-state index contributed by atoms with van der Waals surface area (Å²) in [7, 11) is 1.35. The van der Waals surface area contributed by atoms with Gasteiger partial charge in [0.2, 0.25) is 0 Å². The van der Waals surface area contributed by atoms with Gasteiger partial charge in [-0.15, -0.1) is 0 Å². The van der Waals surface area contributed by atoms with Crippen LogP contribution in [-0.2, 0) is 11.2 Å². The molecule has 0 heterocycles. The van der Waals surface area contributed by atoms with Gasteiger partial charge in [0.05, 0.1) is 18.6 Å². The molecule has 4 N–H and O–H groups in total. The molecule has 0 aliphatic heterocycles. The molecular weight excluding hydrogens is 222 g/mol. The van der Waals surface area contributed by atoms with Crippen LogP contribution in [0.2, 0.25) is 5.02 Å². The number of rotatable bonds is 3. The summed E-state index contributed by atoms with van der Waals surface area (Å²) in [4.78, 5) is 10.5. The number of benzene rings is 1. The molecule has 5 nitrogen and oxygen atoms in total. The molecule has 0 amide bonds. The molecule has 0 atom stereocenters. The molecule has 0 bridgehead atoms. The summed E-state index contributed by atoms with van der Waals surface area (Å²) in [6.07, 6.45) is -0.345. The summed E-state index contributed by atoms with van der Waals surface area (Å²) in [5.74, 6) is -1.26. The number of anilines is 1. The van der Waals surface area contributed by atoms with E-state index in [1.165, 1.54) is 13.2 Å². The standard InChI is InChI=1S/C9H10ClNO4/c1-15-6-3-5(11)4(2-7(12)13)8(10)9(6)14/h3,14H,2,11H2,1H3,(H,12,13). The van der Waals surface area contributed by atoms with E-state index in [0.29, 0.717) is 0 Å². The fourth-order valence-corrected chi connectivity index (χ4v) is 1.43. The Kier molecular flexibility index (Phi) is 3.26. The van der Waals surface area contributed by atoms with Crippen molar-refractivity contribution in [3.05, 3.63) is 16.7 Å². The number of halogens is 1. The number of hydrogen-bond acceptors (Lipinski definition) is 4. The van der Waals surface area contributed by atoms with Gasteiger partial charge in [-0.1, -0.05) is 11.6 Å². The van der Waals surface area contributed by atoms with Crippen molar-refractivity contribution in [3.63, 3.8) is 0 Å². The molecule has 0 spiro atoms. The molecule has 0 fully saturated rings. The van der Waals surface area contributed by atoms with E-state index in [1.807, 2.05) is 0 Å². The number of aliphatic carboxylic acids is 1. The van der Waals surface area contributed by atoms with Crippen molar-refractivity contribution in [2.75, 3.05) is 12.8 Å². The smallest absolute Gasteiger partial charge is 0.307 e. The lowest BCUT2D eigenvalue weighted by Crippen LogP contribution is -2.05. The normalized spacial score (nSPS) is 10.0. The molecule has 0 unspecified atom stereocenters. The highest BCUT2D eigenvalue weighted by atomic mass is 35.5. The Hall–Kier alpha value is -1.62.